The van der Waals surface area contributed by atoms with Crippen molar-refractivity contribution in [3.05, 3.63) is 32.5 Å². The zero-order valence-corrected chi connectivity index (χ0v) is 12.5. The fraction of sp³-hybridized carbons (Fsp3) is 0.300. The molecular formula is C10H7BrF2N2O5S. The Kier molecular flexibility index (Phi) is 3.97. The summed E-state index contributed by atoms with van der Waals surface area (Å²) in [7, 11) is -4.93. The summed E-state index contributed by atoms with van der Waals surface area (Å²) in [5, 5.41) is 9.02. The van der Waals surface area contributed by atoms with Gasteiger partial charge in [-0.25, -0.2) is 4.39 Å². The Morgan fingerprint density at radius 3 is 2.48 bits per heavy atom. The van der Waals surface area contributed by atoms with E-state index in [1.54, 1.807) is 0 Å². The van der Waals surface area contributed by atoms with Crippen molar-refractivity contribution in [2.24, 2.45) is 0 Å². The summed E-state index contributed by atoms with van der Waals surface area (Å²) in [6.07, 6.45) is -0.609. The Morgan fingerprint density at radius 1 is 1.43 bits per heavy atom. The van der Waals surface area contributed by atoms with Crippen molar-refractivity contribution in [3.63, 3.8) is 0 Å². The van der Waals surface area contributed by atoms with E-state index in [0.29, 0.717) is 6.07 Å². The molecule has 1 heterocycles. The number of rotatable bonds is 3. The van der Waals surface area contributed by atoms with Gasteiger partial charge in [-0.1, -0.05) is 0 Å². The minimum absolute atomic E-state index is 0.0977. The summed E-state index contributed by atoms with van der Waals surface area (Å²) in [4.78, 5) is 22.3. The lowest BCUT2D eigenvalue weighted by atomic mass is 10.2. The van der Waals surface area contributed by atoms with E-state index in [4.69, 9.17) is 0 Å². The molecule has 7 nitrogen and oxygen atoms in total. The molecule has 11 heteroatoms. The van der Waals surface area contributed by atoms with Crippen LogP contribution >= 0.6 is 15.9 Å². The van der Waals surface area contributed by atoms with Gasteiger partial charge in [0.05, 0.1) is 21.1 Å². The van der Waals surface area contributed by atoms with Gasteiger partial charge in [0.2, 0.25) is 5.91 Å². The topological polar surface area (TPSA) is 97.6 Å². The molecule has 1 fully saturated rings. The van der Waals surface area contributed by atoms with Crippen LogP contribution in [0.4, 0.5) is 19.7 Å². The van der Waals surface area contributed by atoms with Crippen molar-refractivity contribution in [2.75, 3.05) is 11.4 Å². The first-order valence-corrected chi connectivity index (χ1v) is 7.72. The largest absolute Gasteiger partial charge is 0.307 e. The molecule has 21 heavy (non-hydrogen) atoms. The molecule has 0 aromatic heterocycles. The molecular weight excluding hydrogens is 378 g/mol. The standard InChI is InChI=1S/C10H7BrF2N2O5S/c11-7-1-5(15(17)18)2-8(12)10(7)14-4-6(3-9(14)16)21(13,19)20/h1-2,6H,3-4H2. The molecule has 0 saturated carbocycles. The van der Waals surface area contributed by atoms with Crippen LogP contribution in [-0.4, -0.2) is 31.0 Å². The van der Waals surface area contributed by atoms with Crippen LogP contribution < -0.4 is 4.90 Å². The molecule has 2 rings (SSSR count). The van der Waals surface area contributed by atoms with Crippen molar-refractivity contribution in [2.45, 2.75) is 11.7 Å². The van der Waals surface area contributed by atoms with Gasteiger partial charge in [-0.2, -0.15) is 8.42 Å². The first-order valence-electron chi connectivity index (χ1n) is 5.48. The van der Waals surface area contributed by atoms with Gasteiger partial charge < -0.3 is 4.90 Å². The van der Waals surface area contributed by atoms with Crippen LogP contribution in [0.5, 0.6) is 0 Å². The number of nitro groups is 1. The molecule has 1 amide bonds. The first-order chi connectivity index (χ1) is 9.61. The molecule has 1 saturated heterocycles. The van der Waals surface area contributed by atoms with Crippen LogP contribution in [0.3, 0.4) is 0 Å². The third kappa shape index (κ3) is 3.02. The van der Waals surface area contributed by atoms with E-state index in [1.807, 2.05) is 0 Å². The molecule has 0 spiro atoms. The van der Waals surface area contributed by atoms with Crippen molar-refractivity contribution in [1.82, 2.24) is 0 Å². The molecule has 1 unspecified atom stereocenters. The Morgan fingerprint density at radius 2 is 2.05 bits per heavy atom. The zero-order valence-electron chi connectivity index (χ0n) is 10.1. The number of non-ortho nitro benzene ring substituents is 1. The van der Waals surface area contributed by atoms with E-state index in [1.165, 1.54) is 0 Å². The molecule has 1 aromatic rings. The molecule has 1 atom stereocenters. The summed E-state index contributed by atoms with van der Waals surface area (Å²) in [5.74, 6) is -1.86. The minimum Gasteiger partial charge on any atom is -0.307 e. The fourth-order valence-electron chi connectivity index (χ4n) is 1.99. The molecule has 1 aliphatic rings. The predicted octanol–water partition coefficient (Wildman–Crippen LogP) is 1.90. The highest BCUT2D eigenvalue weighted by atomic mass is 79.9. The van der Waals surface area contributed by atoms with E-state index < -0.39 is 50.8 Å². The van der Waals surface area contributed by atoms with Crippen LogP contribution in [0.1, 0.15) is 6.42 Å². The van der Waals surface area contributed by atoms with Gasteiger partial charge in [-0.3, -0.25) is 14.9 Å². The van der Waals surface area contributed by atoms with Gasteiger partial charge in [0.15, 0.2) is 5.82 Å². The third-order valence-electron chi connectivity index (χ3n) is 2.97. The number of nitrogens with zero attached hydrogens (tertiary/aromatic N) is 2. The van der Waals surface area contributed by atoms with Crippen LogP contribution in [0.25, 0.3) is 0 Å². The molecule has 1 aliphatic heterocycles. The van der Waals surface area contributed by atoms with Gasteiger partial charge >= 0.3 is 10.2 Å². The second kappa shape index (κ2) is 5.30. The number of carbonyl (C=O) groups excluding carboxylic acids is 1. The summed E-state index contributed by atoms with van der Waals surface area (Å²) < 4.78 is 48.4. The van der Waals surface area contributed by atoms with E-state index in [9.17, 15) is 31.6 Å². The summed E-state index contributed by atoms with van der Waals surface area (Å²) in [6.45, 7) is -0.551. The monoisotopic (exact) mass is 384 g/mol. The van der Waals surface area contributed by atoms with E-state index >= 15 is 0 Å². The van der Waals surface area contributed by atoms with E-state index in [0.717, 1.165) is 11.0 Å². The Bertz CT molecular complexity index is 716. The Balaban J connectivity index is 2.44. The average Bonchev–Trinajstić information content (AvgIpc) is 2.70. The van der Waals surface area contributed by atoms with Crippen LogP contribution in [0.2, 0.25) is 0 Å². The summed E-state index contributed by atoms with van der Waals surface area (Å²) in [6, 6.07) is 1.58. The average molecular weight is 385 g/mol. The molecule has 0 aliphatic carbocycles. The molecule has 114 valence electrons. The minimum atomic E-state index is -4.93. The number of halogens is 3. The normalized spacial score (nSPS) is 19.1. The number of nitro benzene ring substituents is 1. The highest BCUT2D eigenvalue weighted by molar-refractivity contribution is 9.10. The second-order valence-electron chi connectivity index (χ2n) is 4.32. The van der Waals surface area contributed by atoms with Crippen molar-refractivity contribution in [3.8, 4) is 0 Å². The fourth-order valence-corrected chi connectivity index (χ4v) is 3.30. The predicted molar refractivity (Wildman–Crippen MR) is 71.5 cm³/mol. The number of benzene rings is 1. The van der Waals surface area contributed by atoms with Crippen molar-refractivity contribution < 1.29 is 26.4 Å². The maximum Gasteiger partial charge on any atom is 0.307 e. The molecule has 0 radical (unpaired) electrons. The van der Waals surface area contributed by atoms with Gasteiger partial charge in [-0.05, 0) is 15.9 Å². The highest BCUT2D eigenvalue weighted by Crippen LogP contribution is 2.36. The number of hydrogen-bond donors (Lipinski definition) is 0. The zero-order chi connectivity index (χ0) is 15.9. The molecule has 0 bridgehead atoms. The first kappa shape index (κ1) is 15.8. The van der Waals surface area contributed by atoms with E-state index in [-0.39, 0.29) is 10.2 Å². The Labute approximate surface area is 126 Å². The summed E-state index contributed by atoms with van der Waals surface area (Å²) in [5.41, 5.74) is -0.888. The lowest BCUT2D eigenvalue weighted by Crippen LogP contribution is -2.28. The molecule has 0 N–H and O–H groups in total. The van der Waals surface area contributed by atoms with Gasteiger partial charge in [0, 0.05) is 19.0 Å². The second-order valence-corrected chi connectivity index (χ2v) is 6.79. The van der Waals surface area contributed by atoms with Crippen LogP contribution in [-0.2, 0) is 15.0 Å². The third-order valence-corrected chi connectivity index (χ3v) is 4.69. The maximum absolute atomic E-state index is 13.9. The number of anilines is 1. The summed E-state index contributed by atoms with van der Waals surface area (Å²) >= 11 is 2.89. The quantitative estimate of drug-likeness (QED) is 0.450. The smallest absolute Gasteiger partial charge is 0.307 e. The number of hydrogen-bond acceptors (Lipinski definition) is 5. The van der Waals surface area contributed by atoms with Crippen molar-refractivity contribution in [1.29, 1.82) is 0 Å². The molecule has 1 aromatic carbocycles. The number of amides is 1. The van der Waals surface area contributed by atoms with Crippen LogP contribution in [0.15, 0.2) is 16.6 Å². The van der Waals surface area contributed by atoms with Gasteiger partial charge in [-0.15, -0.1) is 3.89 Å². The SMILES string of the molecule is O=C1CC(S(=O)(=O)F)CN1c1c(F)cc([N+](=O)[O-])cc1Br. The van der Waals surface area contributed by atoms with Gasteiger partial charge in [0.1, 0.15) is 5.25 Å². The Hall–Kier alpha value is -1.62. The van der Waals surface area contributed by atoms with E-state index in [2.05, 4.69) is 15.9 Å². The van der Waals surface area contributed by atoms with Crippen LogP contribution in [0, 0.1) is 15.9 Å². The maximum atomic E-state index is 13.9. The van der Waals surface area contributed by atoms with Crippen molar-refractivity contribution >= 4 is 43.4 Å². The lowest BCUT2D eigenvalue weighted by Gasteiger charge is -2.18. The number of carbonyl (C=O) groups is 1. The van der Waals surface area contributed by atoms with Gasteiger partial charge in [0.25, 0.3) is 5.69 Å². The highest BCUT2D eigenvalue weighted by Gasteiger charge is 2.40. The lowest BCUT2D eigenvalue weighted by molar-refractivity contribution is -0.385.